The molecule has 0 aliphatic carbocycles. The van der Waals surface area contributed by atoms with Crippen molar-refractivity contribution in [1.82, 2.24) is 14.9 Å². The van der Waals surface area contributed by atoms with Gasteiger partial charge in [0.1, 0.15) is 11.3 Å². The molecule has 0 spiro atoms. The van der Waals surface area contributed by atoms with Crippen LogP contribution in [0.2, 0.25) is 0 Å². The van der Waals surface area contributed by atoms with Crippen LogP contribution in [0.4, 0.5) is 0 Å². The zero-order valence-corrected chi connectivity index (χ0v) is 18.6. The molecule has 0 radical (unpaired) electrons. The Morgan fingerprint density at radius 2 is 2.09 bits per heavy atom. The van der Waals surface area contributed by atoms with Crippen LogP contribution in [0.15, 0.2) is 59.7 Å². The number of methoxy groups -OCH3 is 1. The fourth-order valence-corrected chi connectivity index (χ4v) is 4.87. The number of nitrogens with one attached hydrogen (secondary N) is 1. The molecule has 4 heterocycles. The molecule has 0 atom stereocenters. The smallest absolute Gasteiger partial charge is 0.339 e. The summed E-state index contributed by atoms with van der Waals surface area (Å²) >= 11 is 0. The molecule has 5 rings (SSSR count). The van der Waals surface area contributed by atoms with Crippen molar-refractivity contribution in [2.24, 2.45) is 0 Å². The highest BCUT2D eigenvalue weighted by atomic mass is 16.5. The minimum atomic E-state index is -0.964. The van der Waals surface area contributed by atoms with E-state index in [1.54, 1.807) is 24.7 Å². The van der Waals surface area contributed by atoms with Crippen molar-refractivity contribution in [2.75, 3.05) is 20.2 Å². The predicted molar refractivity (Wildman–Crippen MR) is 125 cm³/mol. The van der Waals surface area contributed by atoms with Crippen LogP contribution in [0.5, 0.6) is 5.75 Å². The van der Waals surface area contributed by atoms with E-state index in [0.717, 1.165) is 61.2 Å². The number of nitrogens with zero attached hydrogens (tertiary/aromatic N) is 2. The van der Waals surface area contributed by atoms with Crippen LogP contribution in [0, 0.1) is 0 Å². The first-order valence-corrected chi connectivity index (χ1v) is 11.2. The predicted octanol–water partition coefficient (Wildman–Crippen LogP) is 4.83. The van der Waals surface area contributed by atoms with E-state index in [1.165, 1.54) is 18.1 Å². The molecule has 3 aromatic heterocycles. The molecular weight excluding hydrogens is 418 g/mol. The molecule has 1 saturated heterocycles. The minimum absolute atomic E-state index is 0.212. The molecule has 2 N–H and O–H groups in total. The maximum atomic E-state index is 11.5. The highest BCUT2D eigenvalue weighted by Gasteiger charge is 2.24. The Balaban J connectivity index is 1.27. The van der Waals surface area contributed by atoms with Crippen molar-refractivity contribution >= 4 is 16.9 Å². The summed E-state index contributed by atoms with van der Waals surface area (Å²) in [5, 5.41) is 10.7. The molecule has 1 aliphatic rings. The molecule has 1 aliphatic heterocycles. The van der Waals surface area contributed by atoms with Crippen LogP contribution in [0.3, 0.4) is 0 Å². The standard InChI is InChI=1S/C26H27N3O4/c1-32-24-3-2-17(12-21(24)26(30)31)15-29-9-5-19(6-10-29)22-14-28-25-20(22)4-8-27-23(25)13-18-7-11-33-16-18/h2-4,7-8,11-12,14,16,19,28H,5-6,9-10,13,15H2,1H3,(H,30,31). The number of fused-ring (bicyclic) bond motifs is 1. The molecule has 7 nitrogen and oxygen atoms in total. The number of aromatic amines is 1. The van der Waals surface area contributed by atoms with Gasteiger partial charge in [0, 0.05) is 30.7 Å². The third kappa shape index (κ3) is 4.36. The number of H-pyrrole nitrogens is 1. The van der Waals surface area contributed by atoms with Crippen molar-refractivity contribution in [3.63, 3.8) is 0 Å². The Morgan fingerprint density at radius 3 is 2.82 bits per heavy atom. The van der Waals surface area contributed by atoms with Gasteiger partial charge in [-0.15, -0.1) is 0 Å². The maximum absolute atomic E-state index is 11.5. The monoisotopic (exact) mass is 445 g/mol. The van der Waals surface area contributed by atoms with Gasteiger partial charge in [-0.3, -0.25) is 9.88 Å². The summed E-state index contributed by atoms with van der Waals surface area (Å²) in [5.41, 5.74) is 5.82. The number of hydrogen-bond donors (Lipinski definition) is 2. The number of likely N-dealkylation sites (tertiary alicyclic amines) is 1. The lowest BCUT2D eigenvalue weighted by molar-refractivity contribution is 0.0693. The van der Waals surface area contributed by atoms with E-state index < -0.39 is 5.97 Å². The molecule has 0 saturated carbocycles. The Labute approximate surface area is 192 Å². The normalized spacial score (nSPS) is 15.2. The molecule has 1 fully saturated rings. The van der Waals surface area contributed by atoms with Crippen molar-refractivity contribution in [3.05, 3.63) is 83.2 Å². The number of carboxylic acids is 1. The SMILES string of the molecule is COc1ccc(CN2CCC(c3c[nH]c4c(Cc5ccoc5)nccc34)CC2)cc1C(=O)O. The molecule has 170 valence electrons. The summed E-state index contributed by atoms with van der Waals surface area (Å²) in [6, 6.07) is 9.50. The lowest BCUT2D eigenvalue weighted by atomic mass is 9.89. The number of aromatic nitrogens is 2. The first-order chi connectivity index (χ1) is 16.1. The maximum Gasteiger partial charge on any atom is 0.339 e. The molecule has 4 aromatic rings. The highest BCUT2D eigenvalue weighted by molar-refractivity contribution is 5.91. The number of ether oxygens (including phenoxy) is 1. The van der Waals surface area contributed by atoms with Crippen molar-refractivity contribution in [2.45, 2.75) is 31.7 Å². The summed E-state index contributed by atoms with van der Waals surface area (Å²) in [6.45, 7) is 2.68. The van der Waals surface area contributed by atoms with Gasteiger partial charge in [-0.2, -0.15) is 0 Å². The van der Waals surface area contributed by atoms with Crippen LogP contribution in [0.25, 0.3) is 10.9 Å². The van der Waals surface area contributed by atoms with E-state index in [0.29, 0.717) is 11.7 Å². The summed E-state index contributed by atoms with van der Waals surface area (Å²) in [6.07, 6.45) is 10.4. The number of benzene rings is 1. The van der Waals surface area contributed by atoms with E-state index in [-0.39, 0.29) is 5.56 Å². The van der Waals surface area contributed by atoms with Crippen LogP contribution < -0.4 is 4.74 Å². The van der Waals surface area contributed by atoms with Gasteiger partial charge in [0.25, 0.3) is 0 Å². The molecule has 0 unspecified atom stereocenters. The number of carboxylic acid groups (broad SMARTS) is 1. The van der Waals surface area contributed by atoms with Crippen LogP contribution in [0.1, 0.15) is 51.5 Å². The van der Waals surface area contributed by atoms with Gasteiger partial charge in [0.15, 0.2) is 0 Å². The Hall–Kier alpha value is -3.58. The zero-order valence-electron chi connectivity index (χ0n) is 18.6. The Kier molecular flexibility index (Phi) is 5.88. The second kappa shape index (κ2) is 9.11. The summed E-state index contributed by atoms with van der Waals surface area (Å²) in [4.78, 5) is 22.0. The van der Waals surface area contributed by atoms with Gasteiger partial charge in [-0.1, -0.05) is 6.07 Å². The van der Waals surface area contributed by atoms with Gasteiger partial charge in [-0.05, 0) is 72.8 Å². The van der Waals surface area contributed by atoms with Gasteiger partial charge in [-0.25, -0.2) is 4.79 Å². The first kappa shape index (κ1) is 21.3. The number of carbonyl (C=O) groups is 1. The fraction of sp³-hybridized carbons (Fsp3) is 0.308. The van der Waals surface area contributed by atoms with E-state index in [2.05, 4.69) is 27.1 Å². The number of furan rings is 1. The molecule has 0 bridgehead atoms. The van der Waals surface area contributed by atoms with E-state index in [9.17, 15) is 9.90 Å². The van der Waals surface area contributed by atoms with Gasteiger partial charge >= 0.3 is 5.97 Å². The number of piperidine rings is 1. The van der Waals surface area contributed by atoms with Crippen LogP contribution in [-0.4, -0.2) is 46.1 Å². The number of aromatic carboxylic acids is 1. The quantitative estimate of drug-likeness (QED) is 0.423. The highest BCUT2D eigenvalue weighted by Crippen LogP contribution is 2.34. The van der Waals surface area contributed by atoms with Gasteiger partial charge in [0.2, 0.25) is 0 Å². The molecular formula is C26H27N3O4. The third-order valence-electron chi connectivity index (χ3n) is 6.59. The molecule has 33 heavy (non-hydrogen) atoms. The minimum Gasteiger partial charge on any atom is -0.496 e. The largest absolute Gasteiger partial charge is 0.496 e. The van der Waals surface area contributed by atoms with E-state index >= 15 is 0 Å². The van der Waals surface area contributed by atoms with E-state index in [4.69, 9.17) is 9.15 Å². The van der Waals surface area contributed by atoms with Crippen LogP contribution >= 0.6 is 0 Å². The zero-order chi connectivity index (χ0) is 22.8. The second-order valence-corrected chi connectivity index (χ2v) is 8.62. The Morgan fingerprint density at radius 1 is 1.24 bits per heavy atom. The third-order valence-corrected chi connectivity index (χ3v) is 6.59. The number of hydrogen-bond acceptors (Lipinski definition) is 5. The van der Waals surface area contributed by atoms with Gasteiger partial charge in [0.05, 0.1) is 30.8 Å². The second-order valence-electron chi connectivity index (χ2n) is 8.62. The molecule has 7 heteroatoms. The summed E-state index contributed by atoms with van der Waals surface area (Å²) in [5.74, 6) is -0.0797. The van der Waals surface area contributed by atoms with Crippen molar-refractivity contribution < 1.29 is 19.1 Å². The molecule has 0 amide bonds. The lowest BCUT2D eigenvalue weighted by Gasteiger charge is -2.32. The average Bonchev–Trinajstić information content (AvgIpc) is 3.50. The van der Waals surface area contributed by atoms with Crippen molar-refractivity contribution in [3.8, 4) is 5.75 Å². The lowest BCUT2D eigenvalue weighted by Crippen LogP contribution is -2.32. The Bertz CT molecular complexity index is 1250. The number of pyridine rings is 1. The topological polar surface area (TPSA) is 91.6 Å². The van der Waals surface area contributed by atoms with E-state index in [1.807, 2.05) is 18.3 Å². The van der Waals surface area contributed by atoms with Crippen molar-refractivity contribution in [1.29, 1.82) is 0 Å². The first-order valence-electron chi connectivity index (χ1n) is 11.2. The fourth-order valence-electron chi connectivity index (χ4n) is 4.87. The summed E-state index contributed by atoms with van der Waals surface area (Å²) in [7, 11) is 1.49. The van der Waals surface area contributed by atoms with Gasteiger partial charge < -0.3 is 19.2 Å². The molecule has 1 aromatic carbocycles. The number of rotatable bonds is 7. The van der Waals surface area contributed by atoms with Crippen LogP contribution in [-0.2, 0) is 13.0 Å². The average molecular weight is 446 g/mol. The summed E-state index contributed by atoms with van der Waals surface area (Å²) < 4.78 is 10.4.